The van der Waals surface area contributed by atoms with Crippen molar-refractivity contribution >= 4 is 11.9 Å². The Balaban J connectivity index is 2.47. The van der Waals surface area contributed by atoms with Crippen LogP contribution < -0.4 is 0 Å². The quantitative estimate of drug-likeness (QED) is 0.640. The Morgan fingerprint density at radius 1 is 1.47 bits per heavy atom. The van der Waals surface area contributed by atoms with Crippen molar-refractivity contribution in [3.63, 3.8) is 0 Å². The Morgan fingerprint density at radius 3 is 2.65 bits per heavy atom. The lowest BCUT2D eigenvalue weighted by molar-refractivity contribution is -0.161. The number of benzene rings is 1. The number of rotatable bonds is 3. The second-order valence-corrected chi connectivity index (χ2v) is 4.19. The third-order valence-electron chi connectivity index (χ3n) is 3.48. The van der Waals surface area contributed by atoms with E-state index in [0.717, 1.165) is 5.56 Å². The van der Waals surface area contributed by atoms with Gasteiger partial charge in [-0.15, -0.1) is 0 Å². The van der Waals surface area contributed by atoms with Crippen molar-refractivity contribution in [1.82, 2.24) is 0 Å². The fourth-order valence-electron chi connectivity index (χ4n) is 2.42. The Bertz CT molecular complexity index is 440. The van der Waals surface area contributed by atoms with Crippen LogP contribution in [0.4, 0.5) is 0 Å². The number of hydrogen-bond donors (Lipinski definition) is 1. The maximum Gasteiger partial charge on any atom is 0.324 e. The second-order valence-electron chi connectivity index (χ2n) is 4.19. The fourth-order valence-corrected chi connectivity index (χ4v) is 2.42. The molecule has 1 heterocycles. The predicted molar refractivity (Wildman–Crippen MR) is 60.5 cm³/mol. The summed E-state index contributed by atoms with van der Waals surface area (Å²) in [7, 11) is 0. The topological polar surface area (TPSA) is 63.6 Å². The van der Waals surface area contributed by atoms with Gasteiger partial charge >= 0.3 is 11.9 Å². The molecule has 0 bridgehead atoms. The van der Waals surface area contributed by atoms with Crippen LogP contribution in [0, 0.1) is 5.41 Å². The molecule has 1 N–H and O–H groups in total. The zero-order valence-corrected chi connectivity index (χ0v) is 9.55. The molecule has 2 atom stereocenters. The summed E-state index contributed by atoms with van der Waals surface area (Å²) in [5, 5.41) is 9.37. The van der Waals surface area contributed by atoms with Crippen LogP contribution in [-0.2, 0) is 14.3 Å². The van der Waals surface area contributed by atoms with Crippen LogP contribution in [0.5, 0.6) is 0 Å². The molecule has 4 heteroatoms. The molecule has 2 rings (SSSR count). The van der Waals surface area contributed by atoms with Gasteiger partial charge in [-0.3, -0.25) is 9.59 Å². The number of carboxylic acid groups (broad SMARTS) is 1. The highest BCUT2D eigenvalue weighted by atomic mass is 16.5. The van der Waals surface area contributed by atoms with Gasteiger partial charge < -0.3 is 9.84 Å². The molecule has 0 amide bonds. The molecule has 4 nitrogen and oxygen atoms in total. The molecule has 0 spiro atoms. The number of carbonyl (C=O) groups excluding carboxylic acids is 1. The first-order valence-corrected chi connectivity index (χ1v) is 5.58. The van der Waals surface area contributed by atoms with E-state index in [1.165, 1.54) is 0 Å². The smallest absolute Gasteiger partial charge is 0.324 e. The number of hydrogen-bond acceptors (Lipinski definition) is 3. The van der Waals surface area contributed by atoms with Crippen LogP contribution in [0.25, 0.3) is 0 Å². The van der Waals surface area contributed by atoms with Gasteiger partial charge in [-0.25, -0.2) is 0 Å². The van der Waals surface area contributed by atoms with Gasteiger partial charge in [0, 0.05) is 5.92 Å². The van der Waals surface area contributed by atoms with Crippen molar-refractivity contribution in [2.24, 2.45) is 5.41 Å². The lowest BCUT2D eigenvalue weighted by atomic mass is 9.72. The minimum Gasteiger partial charge on any atom is -0.480 e. The molecule has 1 fully saturated rings. The molecule has 1 aromatic carbocycles. The lowest BCUT2D eigenvalue weighted by Gasteiger charge is -2.25. The molecule has 0 radical (unpaired) electrons. The number of carboxylic acids is 1. The molecule has 0 aliphatic carbocycles. The first kappa shape index (κ1) is 11.6. The highest BCUT2D eigenvalue weighted by molar-refractivity contribution is 6.01. The van der Waals surface area contributed by atoms with Crippen molar-refractivity contribution in [3.05, 3.63) is 35.9 Å². The van der Waals surface area contributed by atoms with Crippen molar-refractivity contribution in [2.75, 3.05) is 6.61 Å². The van der Waals surface area contributed by atoms with E-state index in [1.807, 2.05) is 30.3 Å². The standard InChI is InChI=1S/C13H14O4/c1-2-13(11(14)15)10(8-17-12(13)16)9-6-4-3-5-7-9/h3-7,10H,2,8H2,1H3,(H,14,15)/t10?,13-/m0/s1. The Hall–Kier alpha value is -1.84. The third kappa shape index (κ3) is 1.60. The van der Waals surface area contributed by atoms with E-state index in [0.29, 0.717) is 0 Å². The van der Waals surface area contributed by atoms with Gasteiger partial charge in [0.25, 0.3) is 0 Å². The van der Waals surface area contributed by atoms with Crippen molar-refractivity contribution in [3.8, 4) is 0 Å². The molecule has 1 saturated heterocycles. The molecule has 1 aliphatic rings. The molecule has 90 valence electrons. The number of carbonyl (C=O) groups is 2. The SMILES string of the molecule is CC[C@]1(C(=O)O)C(=O)OCC1c1ccccc1. The molecule has 1 aromatic rings. The summed E-state index contributed by atoms with van der Waals surface area (Å²) < 4.78 is 4.97. The van der Waals surface area contributed by atoms with Gasteiger partial charge in [-0.05, 0) is 12.0 Å². The van der Waals surface area contributed by atoms with Crippen LogP contribution in [0.3, 0.4) is 0 Å². The normalized spacial score (nSPS) is 27.8. The first-order valence-electron chi connectivity index (χ1n) is 5.58. The number of esters is 1. The Kier molecular flexibility index (Phi) is 2.88. The predicted octanol–water partition coefficient (Wildman–Crippen LogP) is 1.81. The Labute approximate surface area is 99.2 Å². The van der Waals surface area contributed by atoms with E-state index in [4.69, 9.17) is 4.74 Å². The van der Waals surface area contributed by atoms with Gasteiger partial charge in [0.15, 0.2) is 5.41 Å². The molecule has 17 heavy (non-hydrogen) atoms. The summed E-state index contributed by atoms with van der Waals surface area (Å²) >= 11 is 0. The van der Waals surface area contributed by atoms with Crippen LogP contribution in [0.1, 0.15) is 24.8 Å². The van der Waals surface area contributed by atoms with E-state index in [1.54, 1.807) is 6.92 Å². The van der Waals surface area contributed by atoms with E-state index in [-0.39, 0.29) is 13.0 Å². The van der Waals surface area contributed by atoms with Crippen molar-refractivity contribution < 1.29 is 19.4 Å². The minimum absolute atomic E-state index is 0.142. The second kappa shape index (κ2) is 4.20. The zero-order valence-electron chi connectivity index (χ0n) is 9.55. The van der Waals surface area contributed by atoms with Gasteiger partial charge in [-0.1, -0.05) is 37.3 Å². The zero-order chi connectivity index (χ0) is 12.5. The van der Waals surface area contributed by atoms with Crippen molar-refractivity contribution in [1.29, 1.82) is 0 Å². The fraction of sp³-hybridized carbons (Fsp3) is 0.385. The number of ether oxygens (including phenoxy) is 1. The van der Waals surface area contributed by atoms with Crippen LogP contribution in [0.15, 0.2) is 30.3 Å². The molecular formula is C13H14O4. The summed E-state index contributed by atoms with van der Waals surface area (Å²) in [4.78, 5) is 23.2. The minimum atomic E-state index is -1.43. The van der Waals surface area contributed by atoms with E-state index >= 15 is 0 Å². The summed E-state index contributed by atoms with van der Waals surface area (Å²) in [6, 6.07) is 9.19. The summed E-state index contributed by atoms with van der Waals surface area (Å²) in [6.45, 7) is 1.85. The van der Waals surface area contributed by atoms with E-state index in [9.17, 15) is 14.7 Å². The number of cyclic esters (lactones) is 1. The molecular weight excluding hydrogens is 220 g/mol. The highest BCUT2D eigenvalue weighted by Gasteiger charge is 2.57. The molecule has 0 aromatic heterocycles. The molecule has 0 saturated carbocycles. The van der Waals surface area contributed by atoms with Gasteiger partial charge in [0.1, 0.15) is 0 Å². The Morgan fingerprint density at radius 2 is 2.12 bits per heavy atom. The van der Waals surface area contributed by atoms with Crippen molar-refractivity contribution in [2.45, 2.75) is 19.3 Å². The largest absolute Gasteiger partial charge is 0.480 e. The molecule has 1 aliphatic heterocycles. The van der Waals surface area contributed by atoms with Gasteiger partial charge in [0.2, 0.25) is 0 Å². The van der Waals surface area contributed by atoms with Crippen LogP contribution >= 0.6 is 0 Å². The van der Waals surface area contributed by atoms with Crippen LogP contribution in [-0.4, -0.2) is 23.7 Å². The van der Waals surface area contributed by atoms with Gasteiger partial charge in [-0.2, -0.15) is 0 Å². The van der Waals surface area contributed by atoms with E-state index in [2.05, 4.69) is 0 Å². The third-order valence-corrected chi connectivity index (χ3v) is 3.48. The summed E-state index contributed by atoms with van der Waals surface area (Å²) in [5.41, 5.74) is -0.593. The highest BCUT2D eigenvalue weighted by Crippen LogP contribution is 2.45. The summed E-state index contributed by atoms with van der Waals surface area (Å²) in [6.07, 6.45) is 0.237. The summed E-state index contributed by atoms with van der Waals surface area (Å²) in [5.74, 6) is -2.13. The average Bonchev–Trinajstić information content (AvgIpc) is 2.68. The maximum absolute atomic E-state index is 11.7. The molecule has 1 unspecified atom stereocenters. The first-order chi connectivity index (χ1) is 8.13. The number of aliphatic carboxylic acids is 1. The average molecular weight is 234 g/mol. The maximum atomic E-state index is 11.7. The van der Waals surface area contributed by atoms with Crippen LogP contribution in [0.2, 0.25) is 0 Å². The lowest BCUT2D eigenvalue weighted by Crippen LogP contribution is -2.39. The van der Waals surface area contributed by atoms with E-state index < -0.39 is 23.3 Å². The van der Waals surface area contributed by atoms with Gasteiger partial charge in [0.05, 0.1) is 6.61 Å². The monoisotopic (exact) mass is 234 g/mol.